The second-order valence-electron chi connectivity index (χ2n) is 9.06. The van der Waals surface area contributed by atoms with E-state index in [9.17, 15) is 18.7 Å². The van der Waals surface area contributed by atoms with E-state index in [4.69, 9.17) is 9.47 Å². The third-order valence-electron chi connectivity index (χ3n) is 7.09. The van der Waals surface area contributed by atoms with Gasteiger partial charge in [0.05, 0.1) is 14.1 Å². The van der Waals surface area contributed by atoms with Gasteiger partial charge in [0.25, 0.3) is 0 Å². The first-order valence-electron chi connectivity index (χ1n) is 10.2. The first-order valence-corrected chi connectivity index (χ1v) is 10.2. The molecular weight excluding hydrogens is 472 g/mol. The van der Waals surface area contributed by atoms with Crippen molar-refractivity contribution in [2.24, 2.45) is 0 Å². The number of nitrogens with zero attached hydrogens (tertiary/aromatic N) is 1. The number of piperidine rings is 1. The summed E-state index contributed by atoms with van der Waals surface area (Å²) >= 11 is 0. The lowest BCUT2D eigenvalue weighted by Crippen LogP contribution is -3.00. The molecule has 3 saturated heterocycles. The number of esters is 1. The van der Waals surface area contributed by atoms with Gasteiger partial charge in [0, 0.05) is 24.0 Å². The van der Waals surface area contributed by atoms with Crippen molar-refractivity contribution in [1.29, 1.82) is 0 Å². The Morgan fingerprint density at radius 2 is 1.52 bits per heavy atom. The fourth-order valence-corrected chi connectivity index (χ4v) is 5.37. The molecule has 3 aliphatic rings. The number of rotatable bonds is 4. The number of hydrogen-bond donors (Lipinski definition) is 1. The van der Waals surface area contributed by atoms with Crippen LogP contribution in [0, 0.1) is 11.6 Å². The quantitative estimate of drug-likeness (QED) is 0.353. The lowest BCUT2D eigenvalue weighted by Gasteiger charge is -2.45. The van der Waals surface area contributed by atoms with Crippen LogP contribution in [0.2, 0.25) is 0 Å². The number of fused-ring (bicyclic) bond motifs is 5. The predicted octanol–water partition coefficient (Wildman–Crippen LogP) is -0.495. The van der Waals surface area contributed by atoms with Crippen LogP contribution >= 0.6 is 0 Å². The van der Waals surface area contributed by atoms with Crippen LogP contribution < -0.4 is 17.0 Å². The number of hydrogen-bond acceptors (Lipinski definition) is 4. The first-order chi connectivity index (χ1) is 14.2. The van der Waals surface area contributed by atoms with Crippen molar-refractivity contribution in [3.63, 3.8) is 0 Å². The molecule has 5 nitrogen and oxygen atoms in total. The number of morpholine rings is 1. The molecular formula is C23H24BrF2NO4. The molecule has 166 valence electrons. The smallest absolute Gasteiger partial charge is 0.347 e. The van der Waals surface area contributed by atoms with Crippen molar-refractivity contribution in [2.75, 3.05) is 14.1 Å². The Kier molecular flexibility index (Phi) is 5.49. The molecule has 0 aliphatic carbocycles. The van der Waals surface area contributed by atoms with Crippen molar-refractivity contribution < 1.29 is 49.6 Å². The van der Waals surface area contributed by atoms with Crippen LogP contribution in [0.4, 0.5) is 8.78 Å². The van der Waals surface area contributed by atoms with Crippen molar-refractivity contribution >= 4 is 5.97 Å². The predicted molar refractivity (Wildman–Crippen MR) is 103 cm³/mol. The van der Waals surface area contributed by atoms with E-state index in [1.165, 1.54) is 36.4 Å². The highest BCUT2D eigenvalue weighted by atomic mass is 79.9. The van der Waals surface area contributed by atoms with Gasteiger partial charge >= 0.3 is 5.97 Å². The molecule has 2 bridgehead atoms. The van der Waals surface area contributed by atoms with Gasteiger partial charge in [-0.05, 0) is 24.3 Å². The number of carbonyl (C=O) groups is 1. The van der Waals surface area contributed by atoms with Crippen LogP contribution in [0.1, 0.15) is 24.0 Å². The van der Waals surface area contributed by atoms with Gasteiger partial charge in [-0.25, -0.2) is 13.6 Å². The molecule has 31 heavy (non-hydrogen) atoms. The number of aliphatic hydroxyl groups is 1. The Balaban J connectivity index is 0.00000231. The summed E-state index contributed by atoms with van der Waals surface area (Å²) in [6.07, 6.45) is 1.25. The highest BCUT2D eigenvalue weighted by Crippen LogP contribution is 2.52. The van der Waals surface area contributed by atoms with Gasteiger partial charge in [-0.15, -0.1) is 0 Å². The van der Waals surface area contributed by atoms with E-state index in [2.05, 4.69) is 14.1 Å². The van der Waals surface area contributed by atoms with Gasteiger partial charge in [-0.1, -0.05) is 24.3 Å². The van der Waals surface area contributed by atoms with Crippen LogP contribution in [0.15, 0.2) is 48.5 Å². The average molecular weight is 496 g/mol. The zero-order valence-corrected chi connectivity index (χ0v) is 18.8. The molecule has 4 atom stereocenters. The van der Waals surface area contributed by atoms with Crippen LogP contribution in [-0.4, -0.2) is 60.0 Å². The zero-order valence-electron chi connectivity index (χ0n) is 17.2. The Labute approximate surface area is 189 Å². The highest BCUT2D eigenvalue weighted by molar-refractivity contribution is 5.85. The third-order valence-corrected chi connectivity index (χ3v) is 7.09. The number of ether oxygens (including phenoxy) is 2. The molecule has 8 heteroatoms. The molecule has 2 aromatic rings. The van der Waals surface area contributed by atoms with Gasteiger partial charge in [0.1, 0.15) is 42.0 Å². The number of halogens is 3. The lowest BCUT2D eigenvalue weighted by molar-refractivity contribution is -0.938. The zero-order chi connectivity index (χ0) is 21.3. The normalized spacial score (nSPS) is 30.2. The molecule has 2 aromatic carbocycles. The minimum absolute atomic E-state index is 0. The monoisotopic (exact) mass is 495 g/mol. The van der Waals surface area contributed by atoms with Crippen LogP contribution in [-0.2, 0) is 19.9 Å². The number of likely N-dealkylation sites (N-methyl/N-ethyl adjacent to an activating group) is 1. The molecule has 3 heterocycles. The summed E-state index contributed by atoms with van der Waals surface area (Å²) in [5.41, 5.74) is -2.32. The van der Waals surface area contributed by atoms with E-state index < -0.39 is 23.2 Å². The van der Waals surface area contributed by atoms with Crippen molar-refractivity contribution in [3.8, 4) is 0 Å². The summed E-state index contributed by atoms with van der Waals surface area (Å²) in [4.78, 5) is 13.3. The highest BCUT2D eigenvalue weighted by Gasteiger charge is 2.71. The van der Waals surface area contributed by atoms with E-state index in [1.54, 1.807) is 0 Å². The van der Waals surface area contributed by atoms with Gasteiger partial charge < -0.3 is 36.0 Å². The average Bonchev–Trinajstić information content (AvgIpc) is 3.45. The molecule has 4 unspecified atom stereocenters. The van der Waals surface area contributed by atoms with Crippen LogP contribution in [0.5, 0.6) is 0 Å². The summed E-state index contributed by atoms with van der Waals surface area (Å²) < 4.78 is 40.2. The Morgan fingerprint density at radius 3 is 1.97 bits per heavy atom. The van der Waals surface area contributed by atoms with E-state index >= 15 is 0 Å². The van der Waals surface area contributed by atoms with Crippen LogP contribution in [0.3, 0.4) is 0 Å². The van der Waals surface area contributed by atoms with E-state index in [0.29, 0.717) is 12.8 Å². The second-order valence-corrected chi connectivity index (χ2v) is 9.06. The number of epoxide rings is 1. The van der Waals surface area contributed by atoms with E-state index in [1.807, 2.05) is 0 Å². The number of quaternary nitrogens is 1. The van der Waals surface area contributed by atoms with E-state index in [0.717, 1.165) is 16.6 Å². The summed E-state index contributed by atoms with van der Waals surface area (Å²) in [5, 5.41) is 11.5. The van der Waals surface area contributed by atoms with Crippen molar-refractivity contribution in [3.05, 3.63) is 71.3 Å². The summed E-state index contributed by atoms with van der Waals surface area (Å²) in [7, 11) is 4.33. The minimum atomic E-state index is -2.31. The largest absolute Gasteiger partial charge is 1.00 e. The van der Waals surface area contributed by atoms with Crippen molar-refractivity contribution in [2.45, 2.75) is 48.8 Å². The Hall–Kier alpha value is -1.87. The third kappa shape index (κ3) is 3.50. The van der Waals surface area contributed by atoms with Gasteiger partial charge in [0.15, 0.2) is 0 Å². The van der Waals surface area contributed by atoms with Crippen molar-refractivity contribution in [1.82, 2.24) is 0 Å². The maximum Gasteiger partial charge on any atom is 0.347 e. The van der Waals surface area contributed by atoms with Gasteiger partial charge in [0.2, 0.25) is 5.60 Å². The fourth-order valence-electron chi connectivity index (χ4n) is 5.37. The molecule has 0 saturated carbocycles. The van der Waals surface area contributed by atoms with Gasteiger partial charge in [-0.2, -0.15) is 0 Å². The maximum absolute atomic E-state index is 13.9. The summed E-state index contributed by atoms with van der Waals surface area (Å²) in [6.45, 7) is 0. The Bertz CT molecular complexity index is 951. The van der Waals surface area contributed by atoms with E-state index in [-0.39, 0.29) is 58.5 Å². The summed E-state index contributed by atoms with van der Waals surface area (Å²) in [6, 6.07) is 10.7. The number of carbonyl (C=O) groups excluding carboxylic acids is 1. The molecule has 3 aliphatic heterocycles. The molecule has 0 spiro atoms. The molecule has 0 radical (unpaired) electrons. The molecule has 0 aromatic heterocycles. The topological polar surface area (TPSA) is 59.1 Å². The van der Waals surface area contributed by atoms with Crippen LogP contribution in [0.25, 0.3) is 0 Å². The minimum Gasteiger partial charge on any atom is -1.00 e. The Morgan fingerprint density at radius 1 is 1.03 bits per heavy atom. The molecule has 1 N–H and O–H groups in total. The maximum atomic E-state index is 13.9. The standard InChI is InChI=1S/C23H24F2NO4.BrH/c1-26(2)18-11-17(12-19(26)21-20(18)30-21)29-22(27)23(28,13-5-3-7-15(24)9-13)14-6-4-8-16(25)10-14;/h3-10,17-21,28H,11-12H2,1-2H3;1H/q+1;/p-1. The lowest BCUT2D eigenvalue weighted by atomic mass is 9.86. The molecule has 0 amide bonds. The fraction of sp³-hybridized carbons (Fsp3) is 0.435. The second kappa shape index (κ2) is 7.62. The SMILES string of the molecule is C[N+]1(C)C2CC(OC(=O)C(O)(c3cccc(F)c3)c3cccc(F)c3)CC1C1OC12.[Br-]. The summed E-state index contributed by atoms with van der Waals surface area (Å²) in [5.74, 6) is -2.14. The molecule has 5 rings (SSSR count). The van der Waals surface area contributed by atoms with Gasteiger partial charge in [-0.3, -0.25) is 0 Å². The number of benzene rings is 2. The molecule has 3 fully saturated rings. The first kappa shape index (κ1) is 22.3.